The van der Waals surface area contributed by atoms with Crippen LogP contribution in [0, 0.1) is 5.92 Å². The first-order valence-corrected chi connectivity index (χ1v) is 6.43. The van der Waals surface area contributed by atoms with Gasteiger partial charge in [0.2, 0.25) is 0 Å². The molecule has 3 N–H and O–H groups in total. The number of hydrogen-bond donors (Lipinski definition) is 2. The zero-order valence-electron chi connectivity index (χ0n) is 9.91. The van der Waals surface area contributed by atoms with E-state index in [0.29, 0.717) is 12.1 Å². The van der Waals surface area contributed by atoms with E-state index in [0.717, 1.165) is 5.92 Å². The molecule has 1 heterocycles. The first-order chi connectivity index (χ1) is 7.25. The van der Waals surface area contributed by atoms with E-state index in [-0.39, 0.29) is 0 Å². The average molecular weight is 211 g/mol. The number of likely N-dealkylation sites (tertiary alicyclic amines) is 1. The number of nitrogens with two attached hydrogens (primary N) is 1. The van der Waals surface area contributed by atoms with E-state index in [1.807, 2.05) is 0 Å². The van der Waals surface area contributed by atoms with Gasteiger partial charge in [0.1, 0.15) is 0 Å². The minimum atomic E-state index is 0.409. The molecule has 2 aliphatic rings. The molecule has 0 aromatic heterocycles. The Kier molecular flexibility index (Phi) is 4.00. The fourth-order valence-corrected chi connectivity index (χ4v) is 3.00. The maximum atomic E-state index is 6.05. The third kappa shape index (κ3) is 3.16. The fourth-order valence-electron chi connectivity index (χ4n) is 3.00. The average Bonchev–Trinajstić information content (AvgIpc) is 2.61. The van der Waals surface area contributed by atoms with Crippen molar-refractivity contribution in [2.75, 3.05) is 26.7 Å². The van der Waals surface area contributed by atoms with Crippen molar-refractivity contribution in [3.63, 3.8) is 0 Å². The van der Waals surface area contributed by atoms with E-state index in [9.17, 15) is 0 Å². The quantitative estimate of drug-likeness (QED) is 0.725. The summed E-state index contributed by atoms with van der Waals surface area (Å²) in [5.41, 5.74) is 6.05. The van der Waals surface area contributed by atoms with Gasteiger partial charge in [-0.2, -0.15) is 0 Å². The standard InChI is InChI=1S/C12H25N3/c1-15-7-3-4-10(9-15)8-14-12-6-2-5-11(12)13/h10-12,14H,2-9,13H2,1H3. The Labute approximate surface area is 93.4 Å². The van der Waals surface area contributed by atoms with Crippen molar-refractivity contribution in [2.24, 2.45) is 11.7 Å². The highest BCUT2D eigenvalue weighted by Gasteiger charge is 2.25. The molecular formula is C12H25N3. The summed E-state index contributed by atoms with van der Waals surface area (Å²) in [5.74, 6) is 0.844. The monoisotopic (exact) mass is 211 g/mol. The minimum Gasteiger partial charge on any atom is -0.326 e. The lowest BCUT2D eigenvalue weighted by atomic mass is 9.98. The van der Waals surface area contributed by atoms with Gasteiger partial charge in [-0.3, -0.25) is 0 Å². The van der Waals surface area contributed by atoms with E-state index in [4.69, 9.17) is 5.73 Å². The Morgan fingerprint density at radius 2 is 2.13 bits per heavy atom. The molecule has 0 bridgehead atoms. The molecule has 1 aliphatic carbocycles. The highest BCUT2D eigenvalue weighted by atomic mass is 15.1. The van der Waals surface area contributed by atoms with Crippen LogP contribution < -0.4 is 11.1 Å². The lowest BCUT2D eigenvalue weighted by Crippen LogP contribution is -2.45. The van der Waals surface area contributed by atoms with Crippen molar-refractivity contribution in [3.8, 4) is 0 Å². The van der Waals surface area contributed by atoms with E-state index < -0.39 is 0 Å². The number of rotatable bonds is 3. The van der Waals surface area contributed by atoms with Gasteiger partial charge in [0.05, 0.1) is 0 Å². The molecule has 3 heteroatoms. The van der Waals surface area contributed by atoms with E-state index in [2.05, 4.69) is 17.3 Å². The third-order valence-corrected chi connectivity index (χ3v) is 3.96. The molecule has 15 heavy (non-hydrogen) atoms. The van der Waals surface area contributed by atoms with Gasteiger partial charge < -0.3 is 16.0 Å². The van der Waals surface area contributed by atoms with Gasteiger partial charge in [-0.25, -0.2) is 0 Å². The third-order valence-electron chi connectivity index (χ3n) is 3.96. The maximum Gasteiger partial charge on any atom is 0.0219 e. The predicted octanol–water partition coefficient (Wildman–Crippen LogP) is 0.798. The normalized spacial score (nSPS) is 38.4. The highest BCUT2D eigenvalue weighted by molar-refractivity contribution is 4.87. The number of piperidine rings is 1. The largest absolute Gasteiger partial charge is 0.326 e. The van der Waals surface area contributed by atoms with Gasteiger partial charge in [-0.15, -0.1) is 0 Å². The van der Waals surface area contributed by atoms with Crippen molar-refractivity contribution < 1.29 is 0 Å². The second-order valence-electron chi connectivity index (χ2n) is 5.38. The molecule has 1 saturated carbocycles. The lowest BCUT2D eigenvalue weighted by Gasteiger charge is -2.31. The summed E-state index contributed by atoms with van der Waals surface area (Å²) in [7, 11) is 2.23. The number of hydrogen-bond acceptors (Lipinski definition) is 3. The Morgan fingerprint density at radius 3 is 2.80 bits per heavy atom. The Morgan fingerprint density at radius 1 is 1.27 bits per heavy atom. The molecule has 0 aromatic rings. The molecule has 0 radical (unpaired) electrons. The smallest absolute Gasteiger partial charge is 0.0219 e. The first kappa shape index (κ1) is 11.4. The summed E-state index contributed by atoms with van der Waals surface area (Å²) in [5, 5.41) is 3.67. The highest BCUT2D eigenvalue weighted by Crippen LogP contribution is 2.19. The summed E-state index contributed by atoms with van der Waals surface area (Å²) in [6.07, 6.45) is 6.55. The van der Waals surface area contributed by atoms with Gasteiger partial charge >= 0.3 is 0 Å². The van der Waals surface area contributed by atoms with Crippen molar-refractivity contribution in [3.05, 3.63) is 0 Å². The van der Waals surface area contributed by atoms with Gasteiger partial charge in [-0.1, -0.05) is 6.42 Å². The van der Waals surface area contributed by atoms with Crippen LogP contribution >= 0.6 is 0 Å². The minimum absolute atomic E-state index is 0.409. The van der Waals surface area contributed by atoms with Crippen LogP contribution in [-0.2, 0) is 0 Å². The molecule has 1 aliphatic heterocycles. The van der Waals surface area contributed by atoms with Crippen LogP contribution in [0.15, 0.2) is 0 Å². The zero-order valence-corrected chi connectivity index (χ0v) is 9.91. The number of nitrogens with one attached hydrogen (secondary N) is 1. The molecule has 2 fully saturated rings. The van der Waals surface area contributed by atoms with Crippen LogP contribution in [0.3, 0.4) is 0 Å². The zero-order chi connectivity index (χ0) is 10.7. The molecule has 3 nitrogen and oxygen atoms in total. The molecule has 88 valence electrons. The molecule has 0 spiro atoms. The van der Waals surface area contributed by atoms with E-state index >= 15 is 0 Å². The fraction of sp³-hybridized carbons (Fsp3) is 1.00. The topological polar surface area (TPSA) is 41.3 Å². The summed E-state index contributed by atoms with van der Waals surface area (Å²) < 4.78 is 0. The number of nitrogens with zero attached hydrogens (tertiary/aromatic N) is 1. The molecule has 3 unspecified atom stereocenters. The van der Waals surface area contributed by atoms with Gasteiger partial charge in [-0.05, 0) is 51.7 Å². The molecule has 0 aromatic carbocycles. The second kappa shape index (κ2) is 5.28. The SMILES string of the molecule is CN1CCCC(CNC2CCCC2N)C1. The van der Waals surface area contributed by atoms with Gasteiger partial charge in [0.25, 0.3) is 0 Å². The van der Waals surface area contributed by atoms with Crippen LogP contribution in [0.1, 0.15) is 32.1 Å². The Hall–Kier alpha value is -0.120. The Bertz CT molecular complexity index is 195. The molecule has 3 atom stereocenters. The Balaban J connectivity index is 1.68. The van der Waals surface area contributed by atoms with Gasteiger partial charge in [0.15, 0.2) is 0 Å². The van der Waals surface area contributed by atoms with Crippen molar-refractivity contribution in [1.82, 2.24) is 10.2 Å². The van der Waals surface area contributed by atoms with Crippen LogP contribution in [-0.4, -0.2) is 43.7 Å². The van der Waals surface area contributed by atoms with Crippen LogP contribution in [0.5, 0.6) is 0 Å². The maximum absolute atomic E-state index is 6.05. The lowest BCUT2D eigenvalue weighted by molar-refractivity contribution is 0.202. The van der Waals surface area contributed by atoms with Crippen LogP contribution in [0.25, 0.3) is 0 Å². The van der Waals surface area contributed by atoms with Crippen molar-refractivity contribution >= 4 is 0 Å². The van der Waals surface area contributed by atoms with Crippen LogP contribution in [0.2, 0.25) is 0 Å². The van der Waals surface area contributed by atoms with E-state index in [1.54, 1.807) is 0 Å². The summed E-state index contributed by atoms with van der Waals surface area (Å²) in [4.78, 5) is 2.45. The van der Waals surface area contributed by atoms with Crippen molar-refractivity contribution in [2.45, 2.75) is 44.2 Å². The molecule has 2 rings (SSSR count). The molecule has 1 saturated heterocycles. The van der Waals surface area contributed by atoms with E-state index in [1.165, 1.54) is 51.7 Å². The molecular weight excluding hydrogens is 186 g/mol. The molecule has 0 amide bonds. The summed E-state index contributed by atoms with van der Waals surface area (Å²) in [6, 6.07) is 1.00. The summed E-state index contributed by atoms with van der Waals surface area (Å²) >= 11 is 0. The first-order valence-electron chi connectivity index (χ1n) is 6.43. The van der Waals surface area contributed by atoms with Crippen LogP contribution in [0.4, 0.5) is 0 Å². The predicted molar refractivity (Wildman–Crippen MR) is 63.8 cm³/mol. The second-order valence-corrected chi connectivity index (χ2v) is 5.38. The van der Waals surface area contributed by atoms with Gasteiger partial charge in [0, 0.05) is 18.6 Å². The van der Waals surface area contributed by atoms with Crippen molar-refractivity contribution in [1.29, 1.82) is 0 Å². The summed E-state index contributed by atoms with van der Waals surface area (Å²) in [6.45, 7) is 3.71.